The number of phosphoric acid groups is 1. The molecule has 0 aromatic carbocycles. The van der Waals surface area contributed by atoms with Gasteiger partial charge < -0.3 is 14.9 Å². The van der Waals surface area contributed by atoms with Gasteiger partial charge in [0.15, 0.2) is 0 Å². The molecule has 0 rings (SSSR count). The molecule has 0 unspecified atom stereocenters. The van der Waals surface area contributed by atoms with Gasteiger partial charge in [0.2, 0.25) is 0 Å². The van der Waals surface area contributed by atoms with Gasteiger partial charge >= 0.3 is 13.8 Å². The van der Waals surface area contributed by atoms with E-state index in [0.717, 1.165) is 0 Å². The lowest BCUT2D eigenvalue weighted by Crippen LogP contribution is -2.08. The Bertz CT molecular complexity index is 241. The average Bonchev–Trinajstić information content (AvgIpc) is 1.99. The summed E-state index contributed by atoms with van der Waals surface area (Å²) in [6, 6.07) is 0. The van der Waals surface area contributed by atoms with Crippen LogP contribution in [0.3, 0.4) is 0 Å². The number of hydrogen-bond donors (Lipinski definition) is 3. The van der Waals surface area contributed by atoms with Crippen LogP contribution in [0.5, 0.6) is 0 Å². The number of carbonyl (C=O) groups is 1. The summed E-state index contributed by atoms with van der Waals surface area (Å²) in [5.41, 5.74) is -0.143. The van der Waals surface area contributed by atoms with Crippen molar-refractivity contribution >= 4 is 13.8 Å². The second-order valence-electron chi connectivity index (χ2n) is 2.01. The minimum absolute atomic E-state index is 0.0522. The smallest absolute Gasteiger partial charge is 0.396 e. The summed E-state index contributed by atoms with van der Waals surface area (Å²) in [5, 5.41) is 8.35. The van der Waals surface area contributed by atoms with E-state index in [4.69, 9.17) is 14.9 Å². The summed E-state index contributed by atoms with van der Waals surface area (Å²) in [6.45, 7) is 2.86. The predicted molar refractivity (Wildman–Crippen MR) is 40.1 cm³/mol. The van der Waals surface area contributed by atoms with E-state index in [1.807, 2.05) is 0 Å². The van der Waals surface area contributed by atoms with Gasteiger partial charge in [-0.3, -0.25) is 4.89 Å². The molecule has 0 aromatic heterocycles. The molecule has 3 N–H and O–H groups in total. The summed E-state index contributed by atoms with van der Waals surface area (Å²) in [6.07, 6.45) is -0.0522. The zero-order valence-electron chi connectivity index (χ0n) is 6.54. The molecule has 0 amide bonds. The van der Waals surface area contributed by atoms with Crippen LogP contribution in [-0.2, 0) is 18.9 Å². The van der Waals surface area contributed by atoms with Crippen LogP contribution in [0, 0.1) is 0 Å². The van der Waals surface area contributed by atoms with E-state index in [2.05, 4.69) is 16.1 Å². The largest absolute Gasteiger partial charge is 0.505 e. The second kappa shape index (κ2) is 5.11. The van der Waals surface area contributed by atoms with Crippen molar-refractivity contribution in [3.8, 4) is 0 Å². The van der Waals surface area contributed by atoms with E-state index in [1.165, 1.54) is 0 Å². The Morgan fingerprint density at radius 2 is 2.00 bits per heavy atom. The first-order chi connectivity index (χ1) is 5.87. The van der Waals surface area contributed by atoms with Crippen LogP contribution in [0.2, 0.25) is 0 Å². The Labute approximate surface area is 73.8 Å². The van der Waals surface area contributed by atoms with E-state index in [9.17, 15) is 9.36 Å². The summed E-state index contributed by atoms with van der Waals surface area (Å²) in [7, 11) is -4.82. The van der Waals surface area contributed by atoms with Gasteiger partial charge in [0.05, 0.1) is 0 Å². The Morgan fingerprint density at radius 3 is 2.38 bits per heavy atom. The van der Waals surface area contributed by atoms with E-state index >= 15 is 0 Å². The second-order valence-corrected chi connectivity index (χ2v) is 3.14. The van der Waals surface area contributed by atoms with Gasteiger partial charge in [-0.05, 0) is 0 Å². The summed E-state index contributed by atoms with van der Waals surface area (Å²) in [4.78, 5) is 30.6. The molecular formula is C5H9O7P. The highest BCUT2D eigenvalue weighted by Gasteiger charge is 2.19. The first-order valence-corrected chi connectivity index (χ1v) is 4.64. The number of carbonyl (C=O) groups excluding carboxylic acids is 1. The molecule has 0 fully saturated rings. The van der Waals surface area contributed by atoms with E-state index in [0.29, 0.717) is 0 Å². The lowest BCUT2D eigenvalue weighted by Gasteiger charge is -2.04. The molecule has 0 heterocycles. The molecule has 0 aliphatic heterocycles. The van der Waals surface area contributed by atoms with Gasteiger partial charge in [0.25, 0.3) is 0 Å². The van der Waals surface area contributed by atoms with Gasteiger partial charge in [-0.15, -0.1) is 0 Å². The third-order valence-corrected chi connectivity index (χ3v) is 1.18. The highest BCUT2D eigenvalue weighted by atomic mass is 31.2. The highest BCUT2D eigenvalue weighted by Crippen LogP contribution is 2.36. The Hall–Kier alpha value is -0.720. The molecule has 0 aliphatic carbocycles. The molecule has 0 saturated carbocycles. The molecular weight excluding hydrogens is 203 g/mol. The predicted octanol–water partition coefficient (Wildman–Crippen LogP) is -0.508. The zero-order chi connectivity index (χ0) is 10.5. The fourth-order valence-corrected chi connectivity index (χ4v) is 0.543. The van der Waals surface area contributed by atoms with Crippen LogP contribution < -0.4 is 0 Å². The number of rotatable bonds is 5. The number of hydrogen-bond acceptors (Lipinski definition) is 5. The van der Waals surface area contributed by atoms with E-state index in [1.54, 1.807) is 0 Å². The standard InChI is InChI=1S/C5H9O7P/c1-4(2-3-6)5(7)11-12-13(8,9)10/h6H,1-3H2,(H2,8,9,10). The van der Waals surface area contributed by atoms with E-state index in [-0.39, 0.29) is 18.6 Å². The molecule has 8 heteroatoms. The fraction of sp³-hybridized carbons (Fsp3) is 0.400. The van der Waals surface area contributed by atoms with Crippen molar-refractivity contribution in [2.45, 2.75) is 6.42 Å². The third-order valence-electron chi connectivity index (χ3n) is 0.912. The van der Waals surface area contributed by atoms with Crippen molar-refractivity contribution < 1.29 is 33.8 Å². The molecule has 76 valence electrons. The molecule has 0 saturated heterocycles. The van der Waals surface area contributed by atoms with Crippen LogP contribution in [0.15, 0.2) is 12.2 Å². The average molecular weight is 212 g/mol. The van der Waals surface area contributed by atoms with Crippen LogP contribution >= 0.6 is 7.82 Å². The minimum Gasteiger partial charge on any atom is -0.396 e. The Balaban J connectivity index is 3.89. The number of aliphatic hydroxyl groups is 1. The SMILES string of the molecule is C=C(CCO)C(=O)OOP(=O)(O)O. The first kappa shape index (κ1) is 12.3. The van der Waals surface area contributed by atoms with Gasteiger partial charge in [-0.1, -0.05) is 11.3 Å². The van der Waals surface area contributed by atoms with Crippen LogP contribution in [0.1, 0.15) is 6.42 Å². The lowest BCUT2D eigenvalue weighted by atomic mass is 10.2. The van der Waals surface area contributed by atoms with Crippen molar-refractivity contribution in [2.24, 2.45) is 0 Å². The van der Waals surface area contributed by atoms with Gasteiger partial charge in [0, 0.05) is 18.6 Å². The molecule has 7 nitrogen and oxygen atoms in total. The van der Waals surface area contributed by atoms with Gasteiger partial charge in [-0.25, -0.2) is 9.36 Å². The third kappa shape index (κ3) is 6.44. The monoisotopic (exact) mass is 212 g/mol. The lowest BCUT2D eigenvalue weighted by molar-refractivity contribution is -0.217. The van der Waals surface area contributed by atoms with Crippen molar-refractivity contribution in [2.75, 3.05) is 6.61 Å². The molecule has 0 aromatic rings. The fourth-order valence-electron chi connectivity index (χ4n) is 0.378. The molecule has 0 aliphatic rings. The molecule has 13 heavy (non-hydrogen) atoms. The van der Waals surface area contributed by atoms with Crippen molar-refractivity contribution in [3.63, 3.8) is 0 Å². The minimum atomic E-state index is -4.82. The molecule has 0 bridgehead atoms. The maximum atomic E-state index is 10.7. The summed E-state index contributed by atoms with van der Waals surface area (Å²) >= 11 is 0. The molecule has 0 spiro atoms. The summed E-state index contributed by atoms with van der Waals surface area (Å²) < 4.78 is 13.5. The number of aliphatic hydroxyl groups excluding tert-OH is 1. The topological polar surface area (TPSA) is 113 Å². The summed E-state index contributed by atoms with van der Waals surface area (Å²) in [5.74, 6) is -1.13. The maximum Gasteiger partial charge on any atom is 0.505 e. The highest BCUT2D eigenvalue weighted by molar-refractivity contribution is 7.46. The Morgan fingerprint density at radius 1 is 1.46 bits per heavy atom. The van der Waals surface area contributed by atoms with Gasteiger partial charge in [0.1, 0.15) is 0 Å². The zero-order valence-corrected chi connectivity index (χ0v) is 7.44. The van der Waals surface area contributed by atoms with E-state index < -0.39 is 13.8 Å². The van der Waals surface area contributed by atoms with Crippen molar-refractivity contribution in [1.82, 2.24) is 0 Å². The molecule has 0 radical (unpaired) electrons. The maximum absolute atomic E-state index is 10.7. The van der Waals surface area contributed by atoms with Crippen LogP contribution in [0.4, 0.5) is 0 Å². The quantitative estimate of drug-likeness (QED) is 0.243. The van der Waals surface area contributed by atoms with Crippen LogP contribution in [-0.4, -0.2) is 27.5 Å². The van der Waals surface area contributed by atoms with Crippen LogP contribution in [0.25, 0.3) is 0 Å². The first-order valence-electron chi connectivity index (χ1n) is 3.11. The van der Waals surface area contributed by atoms with Gasteiger partial charge in [-0.2, -0.15) is 0 Å². The van der Waals surface area contributed by atoms with Crippen molar-refractivity contribution in [3.05, 3.63) is 12.2 Å². The molecule has 0 atom stereocenters. The Kier molecular flexibility index (Phi) is 4.82. The normalized spacial score (nSPS) is 11.0. The van der Waals surface area contributed by atoms with Crippen molar-refractivity contribution in [1.29, 1.82) is 0 Å².